The molecule has 138 valence electrons. The molecule has 0 aliphatic heterocycles. The van der Waals surface area contributed by atoms with Crippen LogP contribution in [0, 0.1) is 12.7 Å². The summed E-state index contributed by atoms with van der Waals surface area (Å²) < 4.78 is 15.3. The monoisotopic (exact) mass is 382 g/mol. The molecule has 27 heavy (non-hydrogen) atoms. The van der Waals surface area contributed by atoms with Gasteiger partial charge in [0.1, 0.15) is 16.9 Å². The highest BCUT2D eigenvalue weighted by atomic mass is 32.2. The summed E-state index contributed by atoms with van der Waals surface area (Å²) >= 11 is 1.32. The van der Waals surface area contributed by atoms with Gasteiger partial charge in [0.05, 0.1) is 0 Å². The third kappa shape index (κ3) is 4.03. The first kappa shape index (κ1) is 17.7. The lowest BCUT2D eigenvalue weighted by Crippen LogP contribution is -2.30. The van der Waals surface area contributed by atoms with Crippen LogP contribution in [0.2, 0.25) is 0 Å². The van der Waals surface area contributed by atoms with E-state index < -0.39 is 5.25 Å². The largest absolute Gasteiger partial charge is 0.352 e. The average molecular weight is 382 g/mol. The fraction of sp³-hybridized carbons (Fsp3) is 0.250. The van der Waals surface area contributed by atoms with Crippen molar-refractivity contribution in [3.63, 3.8) is 0 Å². The topological polar surface area (TPSA) is 59.8 Å². The highest BCUT2D eigenvalue weighted by Gasteiger charge is 2.30. The third-order valence-corrected chi connectivity index (χ3v) is 5.56. The minimum atomic E-state index is -0.530. The van der Waals surface area contributed by atoms with Crippen LogP contribution in [-0.4, -0.2) is 26.7 Å². The number of carbonyl (C=O) groups is 1. The molecule has 1 heterocycles. The zero-order valence-corrected chi connectivity index (χ0v) is 15.6. The van der Waals surface area contributed by atoms with E-state index >= 15 is 0 Å². The quantitative estimate of drug-likeness (QED) is 0.659. The number of nitrogens with zero attached hydrogens (tertiary/aromatic N) is 3. The van der Waals surface area contributed by atoms with Gasteiger partial charge in [0, 0.05) is 11.7 Å². The molecule has 4 rings (SSSR count). The number of halogens is 1. The summed E-state index contributed by atoms with van der Waals surface area (Å²) in [6, 6.07) is 16.1. The van der Waals surface area contributed by atoms with E-state index in [1.54, 1.807) is 12.1 Å². The van der Waals surface area contributed by atoms with Crippen LogP contribution < -0.4 is 5.32 Å². The number of hydrogen-bond donors (Lipinski definition) is 1. The summed E-state index contributed by atoms with van der Waals surface area (Å²) in [5.41, 5.74) is 1.67. The molecule has 0 bridgehead atoms. The molecule has 0 spiro atoms. The Morgan fingerprint density at radius 2 is 1.85 bits per heavy atom. The number of nitrogens with one attached hydrogen (secondary N) is 1. The lowest BCUT2D eigenvalue weighted by Gasteiger charge is -2.17. The van der Waals surface area contributed by atoms with Crippen LogP contribution >= 0.6 is 11.8 Å². The maximum absolute atomic E-state index is 13.4. The highest BCUT2D eigenvalue weighted by Crippen LogP contribution is 2.37. The van der Waals surface area contributed by atoms with Crippen LogP contribution in [0.1, 0.15) is 29.5 Å². The predicted molar refractivity (Wildman–Crippen MR) is 102 cm³/mol. The van der Waals surface area contributed by atoms with Gasteiger partial charge in [-0.15, -0.1) is 10.2 Å². The van der Waals surface area contributed by atoms with Crippen molar-refractivity contribution in [1.82, 2.24) is 20.1 Å². The fourth-order valence-corrected chi connectivity index (χ4v) is 3.92. The molecule has 0 saturated heterocycles. The Morgan fingerprint density at radius 3 is 2.52 bits per heavy atom. The van der Waals surface area contributed by atoms with E-state index in [2.05, 4.69) is 15.5 Å². The summed E-state index contributed by atoms with van der Waals surface area (Å²) in [7, 11) is 0. The molecule has 2 aromatic carbocycles. The van der Waals surface area contributed by atoms with Gasteiger partial charge < -0.3 is 5.32 Å². The Kier molecular flexibility index (Phi) is 4.94. The molecule has 5 nitrogen and oxygen atoms in total. The molecule has 1 aliphatic carbocycles. The van der Waals surface area contributed by atoms with E-state index in [1.165, 1.54) is 23.9 Å². The highest BCUT2D eigenvalue weighted by molar-refractivity contribution is 8.00. The number of amides is 1. The number of aryl methyl sites for hydroxylation is 1. The van der Waals surface area contributed by atoms with Gasteiger partial charge in [-0.3, -0.25) is 9.36 Å². The number of hydrogen-bond acceptors (Lipinski definition) is 4. The Bertz CT molecular complexity index is 938. The predicted octanol–water partition coefficient (Wildman–Crippen LogP) is 3.83. The normalized spacial score (nSPS) is 14.7. The van der Waals surface area contributed by atoms with E-state index in [9.17, 15) is 9.18 Å². The summed E-state index contributed by atoms with van der Waals surface area (Å²) in [5.74, 6) is 0.326. The minimum Gasteiger partial charge on any atom is -0.352 e. The molecular weight excluding hydrogens is 363 g/mol. The van der Waals surface area contributed by atoms with Gasteiger partial charge in [-0.2, -0.15) is 0 Å². The van der Waals surface area contributed by atoms with Crippen molar-refractivity contribution < 1.29 is 9.18 Å². The summed E-state index contributed by atoms with van der Waals surface area (Å²) in [6.45, 7) is 1.88. The van der Waals surface area contributed by atoms with Gasteiger partial charge in [0.25, 0.3) is 0 Å². The van der Waals surface area contributed by atoms with Crippen molar-refractivity contribution in [2.24, 2.45) is 0 Å². The first-order chi connectivity index (χ1) is 13.1. The number of para-hydroxylation sites is 1. The summed E-state index contributed by atoms with van der Waals surface area (Å²) in [4.78, 5) is 12.9. The zero-order chi connectivity index (χ0) is 18.8. The van der Waals surface area contributed by atoms with Gasteiger partial charge in [0.15, 0.2) is 5.16 Å². The van der Waals surface area contributed by atoms with E-state index in [0.717, 1.165) is 29.9 Å². The average Bonchev–Trinajstić information content (AvgIpc) is 3.42. The van der Waals surface area contributed by atoms with Crippen molar-refractivity contribution in [2.75, 3.05) is 0 Å². The van der Waals surface area contributed by atoms with Gasteiger partial charge in [-0.25, -0.2) is 4.39 Å². The Balaban J connectivity index is 1.67. The van der Waals surface area contributed by atoms with Gasteiger partial charge in [-0.1, -0.05) is 42.1 Å². The van der Waals surface area contributed by atoms with Crippen LogP contribution in [0.25, 0.3) is 5.69 Å². The third-order valence-electron chi connectivity index (χ3n) is 4.37. The fourth-order valence-electron chi connectivity index (χ4n) is 2.81. The maximum atomic E-state index is 13.4. The van der Waals surface area contributed by atoms with Crippen molar-refractivity contribution in [3.05, 3.63) is 71.8 Å². The van der Waals surface area contributed by atoms with Gasteiger partial charge >= 0.3 is 0 Å². The van der Waals surface area contributed by atoms with E-state index in [1.807, 2.05) is 41.8 Å². The molecule has 1 aromatic heterocycles. The molecule has 1 amide bonds. The molecule has 1 aliphatic rings. The maximum Gasteiger partial charge on any atom is 0.238 e. The van der Waals surface area contributed by atoms with Crippen LogP contribution in [0.15, 0.2) is 59.8 Å². The molecule has 1 saturated carbocycles. The number of rotatable bonds is 6. The second kappa shape index (κ2) is 7.52. The SMILES string of the molecule is Cc1nnc(SC(C(=O)NC2CC2)c2ccc(F)cc2)n1-c1ccccc1. The summed E-state index contributed by atoms with van der Waals surface area (Å²) in [5, 5.41) is 11.6. The summed E-state index contributed by atoms with van der Waals surface area (Å²) in [6.07, 6.45) is 2.01. The second-order valence-electron chi connectivity index (χ2n) is 6.53. The van der Waals surface area contributed by atoms with Crippen LogP contribution in [-0.2, 0) is 4.79 Å². The molecule has 1 N–H and O–H groups in total. The second-order valence-corrected chi connectivity index (χ2v) is 7.61. The van der Waals surface area contributed by atoms with Crippen molar-refractivity contribution in [1.29, 1.82) is 0 Å². The van der Waals surface area contributed by atoms with Crippen molar-refractivity contribution in [2.45, 2.75) is 36.2 Å². The van der Waals surface area contributed by atoms with E-state index in [-0.39, 0.29) is 17.8 Å². The number of carbonyl (C=O) groups excluding carboxylic acids is 1. The lowest BCUT2D eigenvalue weighted by molar-refractivity contribution is -0.120. The molecule has 1 fully saturated rings. The molecule has 0 radical (unpaired) electrons. The number of benzene rings is 2. The van der Waals surface area contributed by atoms with Crippen molar-refractivity contribution >= 4 is 17.7 Å². The van der Waals surface area contributed by atoms with Gasteiger partial charge in [0.2, 0.25) is 5.91 Å². The number of thioether (sulfide) groups is 1. The smallest absolute Gasteiger partial charge is 0.238 e. The molecule has 1 atom stereocenters. The first-order valence-corrected chi connectivity index (χ1v) is 9.70. The molecule has 3 aromatic rings. The van der Waals surface area contributed by atoms with Crippen molar-refractivity contribution in [3.8, 4) is 5.69 Å². The molecular formula is C20H19FN4OS. The minimum absolute atomic E-state index is 0.0885. The van der Waals surface area contributed by atoms with E-state index in [0.29, 0.717) is 5.16 Å². The first-order valence-electron chi connectivity index (χ1n) is 8.82. The zero-order valence-electron chi connectivity index (χ0n) is 14.8. The van der Waals surface area contributed by atoms with Gasteiger partial charge in [-0.05, 0) is 49.6 Å². The van der Waals surface area contributed by atoms with E-state index in [4.69, 9.17) is 0 Å². The van der Waals surface area contributed by atoms with Crippen LogP contribution in [0.5, 0.6) is 0 Å². The Hall–Kier alpha value is -2.67. The lowest BCUT2D eigenvalue weighted by atomic mass is 10.1. The molecule has 7 heteroatoms. The van der Waals surface area contributed by atoms with Crippen LogP contribution in [0.4, 0.5) is 4.39 Å². The number of aromatic nitrogens is 3. The standard InChI is InChI=1S/C20H19FN4OS/c1-13-23-24-20(25(13)17-5-3-2-4-6-17)27-18(19(26)22-16-11-12-16)14-7-9-15(21)10-8-14/h2-10,16,18H,11-12H2,1H3,(H,22,26). The molecule has 1 unspecified atom stereocenters. The Labute approximate surface area is 161 Å². The van der Waals surface area contributed by atoms with Crippen LogP contribution in [0.3, 0.4) is 0 Å². The Morgan fingerprint density at radius 1 is 1.15 bits per heavy atom.